The van der Waals surface area contributed by atoms with E-state index in [0.717, 1.165) is 16.8 Å². The van der Waals surface area contributed by atoms with Gasteiger partial charge in [-0.3, -0.25) is 4.79 Å². The molecule has 39 heavy (non-hydrogen) atoms. The molecule has 2 aromatic carbocycles. The van der Waals surface area contributed by atoms with Crippen LogP contribution in [0.5, 0.6) is 11.5 Å². The minimum absolute atomic E-state index is 0.0123. The van der Waals surface area contributed by atoms with E-state index < -0.39 is 12.0 Å². The van der Waals surface area contributed by atoms with Crippen molar-refractivity contribution in [2.75, 3.05) is 40.5 Å². The number of aliphatic imine (C=N–C) groups is 1. The Bertz CT molecular complexity index is 1330. The third kappa shape index (κ3) is 5.67. The Balaban J connectivity index is 1.46. The van der Waals surface area contributed by atoms with Gasteiger partial charge in [-0.15, -0.1) is 0 Å². The molecule has 2 aromatic rings. The molecule has 1 saturated heterocycles. The van der Waals surface area contributed by atoms with E-state index in [-0.39, 0.29) is 12.3 Å². The van der Waals surface area contributed by atoms with Crippen LogP contribution >= 0.6 is 11.8 Å². The number of methoxy groups -OCH3 is 2. The molecule has 1 unspecified atom stereocenters. The van der Waals surface area contributed by atoms with E-state index in [4.69, 9.17) is 23.9 Å². The smallest absolute Gasteiger partial charge is 0.338 e. The molecule has 3 aliphatic rings. The fraction of sp³-hybridized carbons (Fsp3) is 0.345. The van der Waals surface area contributed by atoms with Gasteiger partial charge in [0.15, 0.2) is 16.7 Å². The fourth-order valence-electron chi connectivity index (χ4n) is 4.84. The van der Waals surface area contributed by atoms with E-state index in [9.17, 15) is 9.59 Å². The van der Waals surface area contributed by atoms with Crippen LogP contribution in [0.1, 0.15) is 30.5 Å². The van der Waals surface area contributed by atoms with Crippen LogP contribution in [-0.4, -0.2) is 67.4 Å². The first kappa shape index (κ1) is 26.8. The van der Waals surface area contributed by atoms with E-state index in [0.29, 0.717) is 60.8 Å². The highest BCUT2D eigenvalue weighted by Crippen LogP contribution is 2.46. The lowest BCUT2D eigenvalue weighted by Crippen LogP contribution is -2.42. The maximum absolute atomic E-state index is 13.2. The van der Waals surface area contributed by atoms with Gasteiger partial charge in [-0.25, -0.2) is 9.79 Å². The van der Waals surface area contributed by atoms with Crippen molar-refractivity contribution < 1.29 is 28.5 Å². The molecule has 0 spiro atoms. The van der Waals surface area contributed by atoms with Gasteiger partial charge >= 0.3 is 5.97 Å². The summed E-state index contributed by atoms with van der Waals surface area (Å²) >= 11 is 1.44. The van der Waals surface area contributed by atoms with Crippen LogP contribution in [0.25, 0.3) is 0 Å². The molecule has 0 bridgehead atoms. The number of carbonyl (C=O) groups is 2. The molecule has 1 atom stereocenters. The number of rotatable bonds is 8. The number of carbonyl (C=O) groups excluding carboxylic acids is 2. The molecule has 0 saturated carbocycles. The Kier molecular flexibility index (Phi) is 8.23. The summed E-state index contributed by atoms with van der Waals surface area (Å²) in [6.07, 6.45) is 0.186. The number of allylic oxidation sites excluding steroid dienone is 1. The molecule has 10 heteroatoms. The summed E-state index contributed by atoms with van der Waals surface area (Å²) in [4.78, 5) is 34.7. The van der Waals surface area contributed by atoms with Gasteiger partial charge < -0.3 is 28.7 Å². The molecule has 0 aliphatic carbocycles. The van der Waals surface area contributed by atoms with Gasteiger partial charge in [0.05, 0.1) is 51.2 Å². The standard InChI is InChI=1S/C29H31N3O6S/c1-19-26(28(34)36-3)27(21-9-10-23(24(15-21)35-2)38-17-20-7-5-4-6-8-20)32-22(18-39-29(32)30-19)16-25(33)31-11-13-37-14-12-31/h4-10,15,18,27H,11-14,16-17H2,1-3H3. The number of hydrogen-bond donors (Lipinski definition) is 0. The highest BCUT2D eigenvalue weighted by Gasteiger charge is 2.41. The van der Waals surface area contributed by atoms with Crippen LogP contribution in [0.2, 0.25) is 0 Å². The van der Waals surface area contributed by atoms with Gasteiger partial charge in [0.1, 0.15) is 6.61 Å². The minimum atomic E-state index is -0.555. The van der Waals surface area contributed by atoms with Crippen molar-refractivity contribution in [2.45, 2.75) is 26.0 Å². The number of thioether (sulfide) groups is 1. The average molecular weight is 550 g/mol. The lowest BCUT2D eigenvalue weighted by molar-refractivity contribution is -0.136. The van der Waals surface area contributed by atoms with E-state index in [2.05, 4.69) is 0 Å². The Morgan fingerprint density at radius 3 is 2.56 bits per heavy atom. The summed E-state index contributed by atoms with van der Waals surface area (Å²) in [6, 6.07) is 15.0. The van der Waals surface area contributed by atoms with E-state index in [1.807, 2.05) is 63.7 Å². The van der Waals surface area contributed by atoms with Gasteiger partial charge in [-0.2, -0.15) is 0 Å². The van der Waals surface area contributed by atoms with Gasteiger partial charge in [-0.05, 0) is 35.6 Å². The topological polar surface area (TPSA) is 89.9 Å². The molecule has 5 rings (SSSR count). The van der Waals surface area contributed by atoms with E-state index in [1.165, 1.54) is 18.9 Å². The molecule has 0 aromatic heterocycles. The summed E-state index contributed by atoms with van der Waals surface area (Å²) in [6.45, 7) is 4.39. The van der Waals surface area contributed by atoms with Gasteiger partial charge in [0, 0.05) is 18.8 Å². The predicted molar refractivity (Wildman–Crippen MR) is 148 cm³/mol. The highest BCUT2D eigenvalue weighted by molar-refractivity contribution is 8.16. The zero-order valence-corrected chi connectivity index (χ0v) is 23.0. The highest BCUT2D eigenvalue weighted by atomic mass is 32.2. The van der Waals surface area contributed by atoms with Gasteiger partial charge in [0.25, 0.3) is 0 Å². The summed E-state index contributed by atoms with van der Waals surface area (Å²) < 4.78 is 22.3. The second-order valence-corrected chi connectivity index (χ2v) is 10.1. The predicted octanol–water partition coefficient (Wildman–Crippen LogP) is 4.27. The van der Waals surface area contributed by atoms with Crippen LogP contribution in [0.4, 0.5) is 0 Å². The summed E-state index contributed by atoms with van der Waals surface area (Å²) in [5.74, 6) is 0.665. The Labute approximate surface area is 232 Å². The molecule has 3 heterocycles. The second kappa shape index (κ2) is 12.0. The summed E-state index contributed by atoms with van der Waals surface area (Å²) in [5.41, 5.74) is 3.59. The van der Waals surface area contributed by atoms with E-state index >= 15 is 0 Å². The summed E-state index contributed by atoms with van der Waals surface area (Å²) in [7, 11) is 2.94. The number of benzene rings is 2. The fourth-order valence-corrected chi connectivity index (χ4v) is 5.81. The minimum Gasteiger partial charge on any atom is -0.493 e. The number of hydrogen-bond acceptors (Lipinski definition) is 9. The number of amides is 1. The van der Waals surface area contributed by atoms with Crippen LogP contribution < -0.4 is 9.47 Å². The second-order valence-electron chi connectivity index (χ2n) is 9.24. The summed E-state index contributed by atoms with van der Waals surface area (Å²) in [5, 5.41) is 2.64. The largest absolute Gasteiger partial charge is 0.493 e. The first-order valence-electron chi connectivity index (χ1n) is 12.7. The molecule has 0 N–H and O–H groups in total. The van der Waals surface area contributed by atoms with Crippen LogP contribution in [0, 0.1) is 0 Å². The molecule has 1 fully saturated rings. The first-order valence-corrected chi connectivity index (χ1v) is 13.6. The van der Waals surface area contributed by atoms with Crippen LogP contribution in [0.15, 0.2) is 75.9 Å². The maximum atomic E-state index is 13.2. The number of ether oxygens (including phenoxy) is 4. The number of morpholine rings is 1. The molecule has 204 valence electrons. The SMILES string of the molecule is COC(=O)C1=C(C)N=C2SC=C(CC(=O)N3CCOCC3)N2C1c1ccc(OCc2ccccc2)c(OC)c1. The maximum Gasteiger partial charge on any atom is 0.338 e. The van der Waals surface area contributed by atoms with Crippen molar-refractivity contribution in [1.29, 1.82) is 0 Å². The van der Waals surface area contributed by atoms with Crippen molar-refractivity contribution >= 4 is 28.8 Å². The molecular weight excluding hydrogens is 518 g/mol. The molecule has 3 aliphatic heterocycles. The lowest BCUT2D eigenvalue weighted by atomic mass is 9.93. The van der Waals surface area contributed by atoms with Crippen molar-refractivity contribution in [2.24, 2.45) is 4.99 Å². The zero-order chi connectivity index (χ0) is 27.4. The number of amidine groups is 1. The van der Waals surface area contributed by atoms with Crippen molar-refractivity contribution in [1.82, 2.24) is 9.80 Å². The monoisotopic (exact) mass is 549 g/mol. The van der Waals surface area contributed by atoms with Crippen LogP contribution in [0.3, 0.4) is 0 Å². The number of esters is 1. The number of fused-ring (bicyclic) bond motifs is 1. The molecular formula is C29H31N3O6S. The Hall–Kier alpha value is -3.76. The third-order valence-corrected chi connectivity index (χ3v) is 7.73. The normalized spacial score (nSPS) is 18.8. The molecule has 9 nitrogen and oxygen atoms in total. The lowest BCUT2D eigenvalue weighted by Gasteiger charge is -2.37. The van der Waals surface area contributed by atoms with Crippen molar-refractivity contribution in [3.05, 3.63) is 82.0 Å². The van der Waals surface area contributed by atoms with Crippen molar-refractivity contribution in [3.63, 3.8) is 0 Å². The van der Waals surface area contributed by atoms with E-state index in [1.54, 1.807) is 14.0 Å². The van der Waals surface area contributed by atoms with Crippen molar-refractivity contribution in [3.8, 4) is 11.5 Å². The quantitative estimate of drug-likeness (QED) is 0.451. The average Bonchev–Trinajstić information content (AvgIpc) is 3.37. The third-order valence-electron chi connectivity index (χ3n) is 6.84. The molecule has 1 amide bonds. The zero-order valence-electron chi connectivity index (χ0n) is 22.2. The Morgan fingerprint density at radius 2 is 1.85 bits per heavy atom. The van der Waals surface area contributed by atoms with Crippen LogP contribution in [-0.2, 0) is 25.7 Å². The Morgan fingerprint density at radius 1 is 1.08 bits per heavy atom. The molecule has 0 radical (unpaired) electrons. The first-order chi connectivity index (χ1) is 19.0. The van der Waals surface area contributed by atoms with Gasteiger partial charge in [0.2, 0.25) is 5.91 Å². The number of nitrogens with zero attached hydrogens (tertiary/aromatic N) is 3. The van der Waals surface area contributed by atoms with Gasteiger partial charge in [-0.1, -0.05) is 48.2 Å².